The third-order valence-electron chi connectivity index (χ3n) is 5.67. The molecule has 0 radical (unpaired) electrons. The molecule has 33 heavy (non-hydrogen) atoms. The number of sulfonamides is 1. The van der Waals surface area contributed by atoms with E-state index in [-0.39, 0.29) is 28.7 Å². The lowest BCUT2D eigenvalue weighted by Crippen LogP contribution is -2.43. The number of amides is 1. The summed E-state index contributed by atoms with van der Waals surface area (Å²) in [6.07, 6.45) is -3.73. The molecular weight excluding hydrogens is 477 g/mol. The number of nitrogens with one attached hydrogen (secondary N) is 1. The molecular formula is C23H20ClF3N2O3S. The van der Waals surface area contributed by atoms with E-state index in [1.165, 1.54) is 10.4 Å². The van der Waals surface area contributed by atoms with Crippen LogP contribution in [-0.4, -0.2) is 31.7 Å². The van der Waals surface area contributed by atoms with Crippen molar-refractivity contribution in [1.29, 1.82) is 0 Å². The standard InChI is InChI=1S/C23H20ClF3N2O3S/c24-20-10-8-18(23(25,26)27)13-21(20)28-22(30)17-6-3-11-29(14-17)33(31,32)19-9-7-15-4-1-2-5-16(15)12-19/h1-2,4-5,7-10,12-13,17H,3,6,11,14H2,(H,28,30)/t17-/m0/s1. The number of nitrogens with zero attached hydrogens (tertiary/aromatic N) is 1. The molecule has 1 amide bonds. The second-order valence-electron chi connectivity index (χ2n) is 7.89. The van der Waals surface area contributed by atoms with E-state index in [9.17, 15) is 26.4 Å². The maximum Gasteiger partial charge on any atom is 0.416 e. The summed E-state index contributed by atoms with van der Waals surface area (Å²) in [5, 5.41) is 4.09. The molecule has 174 valence electrons. The van der Waals surface area contributed by atoms with Crippen molar-refractivity contribution in [3.05, 3.63) is 71.2 Å². The normalized spacial score (nSPS) is 17.8. The summed E-state index contributed by atoms with van der Waals surface area (Å²) in [7, 11) is -3.85. The van der Waals surface area contributed by atoms with E-state index in [4.69, 9.17) is 11.6 Å². The van der Waals surface area contributed by atoms with E-state index in [1.807, 2.05) is 24.3 Å². The van der Waals surface area contributed by atoms with Gasteiger partial charge in [-0.3, -0.25) is 4.79 Å². The van der Waals surface area contributed by atoms with Gasteiger partial charge in [-0.05, 0) is 53.9 Å². The van der Waals surface area contributed by atoms with Gasteiger partial charge in [0, 0.05) is 13.1 Å². The van der Waals surface area contributed by atoms with Gasteiger partial charge < -0.3 is 5.32 Å². The highest BCUT2D eigenvalue weighted by Crippen LogP contribution is 2.34. The van der Waals surface area contributed by atoms with Crippen molar-refractivity contribution in [2.24, 2.45) is 5.92 Å². The molecule has 3 aromatic carbocycles. The van der Waals surface area contributed by atoms with Crippen LogP contribution in [0.2, 0.25) is 5.02 Å². The van der Waals surface area contributed by atoms with Crippen LogP contribution in [0.15, 0.2) is 65.6 Å². The molecule has 0 unspecified atom stereocenters. The van der Waals surface area contributed by atoms with Crippen LogP contribution in [0, 0.1) is 5.92 Å². The lowest BCUT2D eigenvalue weighted by atomic mass is 9.98. The van der Waals surface area contributed by atoms with E-state index in [0.29, 0.717) is 12.8 Å². The Kier molecular flexibility index (Phi) is 6.39. The number of halogens is 4. The average molecular weight is 497 g/mol. The Morgan fingerprint density at radius 2 is 1.76 bits per heavy atom. The molecule has 1 aliphatic rings. The molecule has 0 aliphatic carbocycles. The van der Waals surface area contributed by atoms with Crippen molar-refractivity contribution in [1.82, 2.24) is 4.31 Å². The molecule has 1 aliphatic heterocycles. The first-order valence-corrected chi connectivity index (χ1v) is 12.0. The van der Waals surface area contributed by atoms with Gasteiger partial charge in [-0.25, -0.2) is 8.42 Å². The molecule has 4 rings (SSSR count). The lowest BCUT2D eigenvalue weighted by Gasteiger charge is -2.31. The number of hydrogen-bond donors (Lipinski definition) is 1. The lowest BCUT2D eigenvalue weighted by molar-refractivity contribution is -0.137. The molecule has 1 heterocycles. The van der Waals surface area contributed by atoms with Gasteiger partial charge in [-0.1, -0.05) is 41.9 Å². The fourth-order valence-corrected chi connectivity index (χ4v) is 5.61. The maximum atomic E-state index is 13.2. The van der Waals surface area contributed by atoms with Gasteiger partial charge in [0.15, 0.2) is 0 Å². The number of alkyl halides is 3. The number of hydrogen-bond acceptors (Lipinski definition) is 3. The highest BCUT2D eigenvalue weighted by molar-refractivity contribution is 7.89. The van der Waals surface area contributed by atoms with Crippen LogP contribution in [0.4, 0.5) is 18.9 Å². The predicted molar refractivity (Wildman–Crippen MR) is 121 cm³/mol. The van der Waals surface area contributed by atoms with Gasteiger partial charge in [0.05, 0.1) is 27.1 Å². The maximum absolute atomic E-state index is 13.2. The smallest absolute Gasteiger partial charge is 0.324 e. The molecule has 1 atom stereocenters. The third kappa shape index (κ3) is 5.00. The fourth-order valence-electron chi connectivity index (χ4n) is 3.88. The minimum atomic E-state index is -4.58. The summed E-state index contributed by atoms with van der Waals surface area (Å²) < 4.78 is 66.7. The van der Waals surface area contributed by atoms with Crippen LogP contribution >= 0.6 is 11.6 Å². The average Bonchev–Trinajstić information content (AvgIpc) is 2.79. The second kappa shape index (κ2) is 8.96. The molecule has 1 fully saturated rings. The molecule has 3 aromatic rings. The van der Waals surface area contributed by atoms with Crippen molar-refractivity contribution in [3.8, 4) is 0 Å². The van der Waals surface area contributed by atoms with Crippen molar-refractivity contribution in [3.63, 3.8) is 0 Å². The summed E-state index contributed by atoms with van der Waals surface area (Å²) >= 11 is 5.97. The summed E-state index contributed by atoms with van der Waals surface area (Å²) in [6, 6.07) is 14.9. The van der Waals surface area contributed by atoms with Gasteiger partial charge in [0.1, 0.15) is 0 Å². The topological polar surface area (TPSA) is 66.5 Å². The summed E-state index contributed by atoms with van der Waals surface area (Å²) in [6.45, 7) is 0.181. The van der Waals surface area contributed by atoms with E-state index >= 15 is 0 Å². The van der Waals surface area contributed by atoms with Crippen molar-refractivity contribution in [2.75, 3.05) is 18.4 Å². The zero-order valence-corrected chi connectivity index (χ0v) is 18.8. The molecule has 10 heteroatoms. The van der Waals surface area contributed by atoms with Crippen LogP contribution in [-0.2, 0) is 21.0 Å². The first-order valence-electron chi connectivity index (χ1n) is 10.2. The Balaban J connectivity index is 1.52. The van der Waals surface area contributed by atoms with Crippen molar-refractivity contribution < 1.29 is 26.4 Å². The van der Waals surface area contributed by atoms with Crippen LogP contribution in [0.3, 0.4) is 0 Å². The molecule has 1 saturated heterocycles. The Morgan fingerprint density at radius 1 is 1.03 bits per heavy atom. The van der Waals surface area contributed by atoms with Crippen LogP contribution in [0.25, 0.3) is 10.8 Å². The molecule has 0 spiro atoms. The molecule has 5 nitrogen and oxygen atoms in total. The zero-order valence-electron chi connectivity index (χ0n) is 17.3. The fraction of sp³-hybridized carbons (Fsp3) is 0.261. The van der Waals surface area contributed by atoms with E-state index in [1.54, 1.807) is 12.1 Å². The Labute approximate surface area is 194 Å². The number of rotatable bonds is 4. The minimum Gasteiger partial charge on any atom is -0.324 e. The first-order chi connectivity index (χ1) is 15.6. The molecule has 0 saturated carbocycles. The number of anilines is 1. The van der Waals surface area contributed by atoms with Gasteiger partial charge in [0.25, 0.3) is 0 Å². The number of carbonyl (C=O) groups is 1. The number of fused-ring (bicyclic) bond motifs is 1. The van der Waals surface area contributed by atoms with E-state index in [2.05, 4.69) is 5.32 Å². The largest absolute Gasteiger partial charge is 0.416 e. The summed E-state index contributed by atoms with van der Waals surface area (Å²) in [4.78, 5) is 12.9. The molecule has 0 bridgehead atoms. The van der Waals surface area contributed by atoms with E-state index < -0.39 is 33.6 Å². The van der Waals surface area contributed by atoms with Gasteiger partial charge in [-0.15, -0.1) is 0 Å². The van der Waals surface area contributed by atoms with Crippen LogP contribution in [0.1, 0.15) is 18.4 Å². The van der Waals surface area contributed by atoms with Gasteiger partial charge >= 0.3 is 6.18 Å². The van der Waals surface area contributed by atoms with Crippen molar-refractivity contribution >= 4 is 44.0 Å². The van der Waals surface area contributed by atoms with Gasteiger partial charge in [0.2, 0.25) is 15.9 Å². The SMILES string of the molecule is O=C(Nc1cc(C(F)(F)F)ccc1Cl)[C@H]1CCCN(S(=O)(=O)c2ccc3ccccc3c2)C1. The Bertz CT molecular complexity index is 1310. The van der Waals surface area contributed by atoms with Crippen LogP contribution < -0.4 is 5.32 Å². The third-order valence-corrected chi connectivity index (χ3v) is 7.86. The number of piperidine rings is 1. The Morgan fingerprint density at radius 3 is 2.48 bits per heavy atom. The highest BCUT2D eigenvalue weighted by atomic mass is 35.5. The summed E-state index contributed by atoms with van der Waals surface area (Å²) in [5.41, 5.74) is -1.10. The highest BCUT2D eigenvalue weighted by Gasteiger charge is 2.34. The molecule has 1 N–H and O–H groups in total. The monoisotopic (exact) mass is 496 g/mol. The number of benzene rings is 3. The van der Waals surface area contributed by atoms with Gasteiger partial charge in [-0.2, -0.15) is 17.5 Å². The number of carbonyl (C=O) groups excluding carboxylic acids is 1. The minimum absolute atomic E-state index is 0.0344. The quantitative estimate of drug-likeness (QED) is 0.515. The first kappa shape index (κ1) is 23.5. The van der Waals surface area contributed by atoms with Crippen LogP contribution in [0.5, 0.6) is 0 Å². The Hall–Kier alpha value is -2.62. The molecule has 0 aromatic heterocycles. The van der Waals surface area contributed by atoms with Crippen molar-refractivity contribution in [2.45, 2.75) is 23.9 Å². The summed E-state index contributed by atoms with van der Waals surface area (Å²) in [5.74, 6) is -1.30. The second-order valence-corrected chi connectivity index (χ2v) is 10.2. The van der Waals surface area contributed by atoms with E-state index in [0.717, 1.165) is 29.0 Å². The predicted octanol–water partition coefficient (Wildman–Crippen LogP) is 5.55. The zero-order chi connectivity index (χ0) is 23.8.